The molecular formula is C16H17BrN2O3S. The molecule has 0 atom stereocenters. The van der Waals surface area contributed by atoms with Gasteiger partial charge in [0.05, 0.1) is 11.4 Å². The molecule has 0 aromatic heterocycles. The average molecular weight is 397 g/mol. The van der Waals surface area contributed by atoms with Crippen LogP contribution in [0.1, 0.15) is 12.5 Å². The summed E-state index contributed by atoms with van der Waals surface area (Å²) in [5.74, 6) is -0.433. The number of halogens is 1. The van der Waals surface area contributed by atoms with E-state index in [9.17, 15) is 13.2 Å². The van der Waals surface area contributed by atoms with Gasteiger partial charge in [0.15, 0.2) is 0 Å². The molecule has 0 aliphatic rings. The zero-order valence-corrected chi connectivity index (χ0v) is 14.9. The summed E-state index contributed by atoms with van der Waals surface area (Å²) in [5, 5.41) is 2.63. The predicted octanol–water partition coefficient (Wildman–Crippen LogP) is 2.93. The number of carbonyl (C=O) groups is 1. The van der Waals surface area contributed by atoms with E-state index in [2.05, 4.69) is 26.0 Å². The van der Waals surface area contributed by atoms with Crippen molar-refractivity contribution in [3.8, 4) is 0 Å². The van der Waals surface area contributed by atoms with Crippen molar-refractivity contribution in [2.75, 3.05) is 11.9 Å². The van der Waals surface area contributed by atoms with Crippen LogP contribution in [-0.2, 0) is 21.2 Å². The quantitative estimate of drug-likeness (QED) is 0.787. The molecule has 1 amide bonds. The van der Waals surface area contributed by atoms with E-state index in [1.54, 1.807) is 30.3 Å². The van der Waals surface area contributed by atoms with E-state index in [4.69, 9.17) is 0 Å². The zero-order valence-electron chi connectivity index (χ0n) is 12.5. The Morgan fingerprint density at radius 2 is 1.83 bits per heavy atom. The molecule has 0 heterocycles. The Kier molecular flexibility index (Phi) is 5.92. The van der Waals surface area contributed by atoms with E-state index in [1.807, 2.05) is 13.0 Å². The van der Waals surface area contributed by atoms with Crippen molar-refractivity contribution in [1.29, 1.82) is 0 Å². The number of hydrogen-bond donors (Lipinski definition) is 2. The van der Waals surface area contributed by atoms with Crippen molar-refractivity contribution >= 4 is 37.5 Å². The van der Waals surface area contributed by atoms with Gasteiger partial charge in [-0.3, -0.25) is 4.79 Å². The molecule has 0 saturated heterocycles. The Hall–Kier alpha value is -1.70. The van der Waals surface area contributed by atoms with Gasteiger partial charge in [0.25, 0.3) is 0 Å². The number of sulfonamides is 1. The third kappa shape index (κ3) is 5.16. The van der Waals surface area contributed by atoms with Crippen LogP contribution in [0.4, 0.5) is 5.69 Å². The normalized spacial score (nSPS) is 11.2. The minimum atomic E-state index is -3.70. The van der Waals surface area contributed by atoms with Crippen LogP contribution in [0.3, 0.4) is 0 Å². The van der Waals surface area contributed by atoms with E-state index in [1.165, 1.54) is 12.1 Å². The molecule has 2 aromatic carbocycles. The zero-order chi connectivity index (χ0) is 16.9. The maximum Gasteiger partial charge on any atom is 0.241 e. The summed E-state index contributed by atoms with van der Waals surface area (Å²) in [4.78, 5) is 12.0. The predicted molar refractivity (Wildman–Crippen MR) is 93.8 cm³/mol. The molecule has 0 aliphatic heterocycles. The van der Waals surface area contributed by atoms with Crippen LogP contribution in [0.15, 0.2) is 57.9 Å². The molecule has 2 rings (SSSR count). The van der Waals surface area contributed by atoms with Crippen LogP contribution < -0.4 is 10.0 Å². The van der Waals surface area contributed by atoms with Gasteiger partial charge in [0.2, 0.25) is 15.9 Å². The van der Waals surface area contributed by atoms with Crippen LogP contribution in [0.25, 0.3) is 0 Å². The number of rotatable bonds is 6. The van der Waals surface area contributed by atoms with Crippen molar-refractivity contribution in [2.24, 2.45) is 0 Å². The van der Waals surface area contributed by atoms with Crippen molar-refractivity contribution in [1.82, 2.24) is 4.72 Å². The van der Waals surface area contributed by atoms with Gasteiger partial charge in [0.1, 0.15) is 0 Å². The van der Waals surface area contributed by atoms with Gasteiger partial charge in [-0.2, -0.15) is 0 Å². The minimum absolute atomic E-state index is 0.143. The van der Waals surface area contributed by atoms with E-state index in [0.717, 1.165) is 16.5 Å². The molecule has 5 nitrogen and oxygen atoms in total. The van der Waals surface area contributed by atoms with E-state index in [0.29, 0.717) is 5.69 Å². The highest BCUT2D eigenvalue weighted by molar-refractivity contribution is 9.10. The molecule has 0 radical (unpaired) electrons. The summed E-state index contributed by atoms with van der Waals surface area (Å²) >= 11 is 3.30. The lowest BCUT2D eigenvalue weighted by atomic mass is 10.2. The van der Waals surface area contributed by atoms with Crippen LogP contribution in [0.5, 0.6) is 0 Å². The van der Waals surface area contributed by atoms with E-state index in [-0.39, 0.29) is 11.4 Å². The molecule has 0 saturated carbocycles. The van der Waals surface area contributed by atoms with Crippen LogP contribution in [0, 0.1) is 0 Å². The molecule has 0 unspecified atom stereocenters. The summed E-state index contributed by atoms with van der Waals surface area (Å²) in [5.41, 5.74) is 1.65. The highest BCUT2D eigenvalue weighted by atomic mass is 79.9. The number of nitrogens with one attached hydrogen (secondary N) is 2. The smallest absolute Gasteiger partial charge is 0.241 e. The van der Waals surface area contributed by atoms with Crippen molar-refractivity contribution in [2.45, 2.75) is 18.2 Å². The molecule has 2 N–H and O–H groups in total. The topological polar surface area (TPSA) is 75.3 Å². The lowest BCUT2D eigenvalue weighted by Crippen LogP contribution is -2.32. The van der Waals surface area contributed by atoms with E-state index < -0.39 is 15.9 Å². The average Bonchev–Trinajstić information content (AvgIpc) is 2.53. The molecule has 2 aromatic rings. The molecule has 23 heavy (non-hydrogen) atoms. The second-order valence-corrected chi connectivity index (χ2v) is 7.56. The molecule has 0 bridgehead atoms. The van der Waals surface area contributed by atoms with Gasteiger partial charge in [-0.15, -0.1) is 0 Å². The largest absolute Gasteiger partial charge is 0.325 e. The fourth-order valence-electron chi connectivity index (χ4n) is 1.92. The highest BCUT2D eigenvalue weighted by Gasteiger charge is 2.15. The van der Waals surface area contributed by atoms with Gasteiger partial charge in [-0.1, -0.05) is 41.1 Å². The first-order valence-corrected chi connectivity index (χ1v) is 9.32. The SMILES string of the molecule is CCc1ccc(S(=O)(=O)NCC(=O)Nc2cccc(Br)c2)cc1. The standard InChI is InChI=1S/C16H17BrN2O3S/c1-2-12-6-8-15(9-7-12)23(21,22)18-11-16(20)19-14-5-3-4-13(17)10-14/h3-10,18H,2,11H2,1H3,(H,19,20). The number of aryl methyl sites for hydroxylation is 1. The Labute approximate surface area is 144 Å². The number of benzene rings is 2. The highest BCUT2D eigenvalue weighted by Crippen LogP contribution is 2.15. The lowest BCUT2D eigenvalue weighted by Gasteiger charge is -2.08. The first-order valence-electron chi connectivity index (χ1n) is 7.05. The Morgan fingerprint density at radius 3 is 2.43 bits per heavy atom. The summed E-state index contributed by atoms with van der Waals surface area (Å²) in [6, 6.07) is 13.7. The second kappa shape index (κ2) is 7.72. The first kappa shape index (κ1) is 17.7. The third-order valence-corrected chi connectivity index (χ3v) is 5.08. The van der Waals surface area contributed by atoms with Gasteiger partial charge < -0.3 is 5.32 Å². The Morgan fingerprint density at radius 1 is 1.13 bits per heavy atom. The van der Waals surface area contributed by atoms with Gasteiger partial charge >= 0.3 is 0 Å². The molecule has 0 aliphatic carbocycles. The molecule has 122 valence electrons. The first-order chi connectivity index (χ1) is 10.9. The Balaban J connectivity index is 1.96. The Bertz CT molecular complexity index is 789. The number of carbonyl (C=O) groups excluding carboxylic acids is 1. The molecule has 7 heteroatoms. The third-order valence-electron chi connectivity index (χ3n) is 3.17. The summed E-state index contributed by atoms with van der Waals surface area (Å²) < 4.78 is 27.4. The summed E-state index contributed by atoms with van der Waals surface area (Å²) in [7, 11) is -3.70. The second-order valence-electron chi connectivity index (χ2n) is 4.88. The maximum absolute atomic E-state index is 12.1. The molecule has 0 fully saturated rings. The van der Waals surface area contributed by atoms with E-state index >= 15 is 0 Å². The van der Waals surface area contributed by atoms with Gasteiger partial charge in [-0.05, 0) is 42.3 Å². The summed E-state index contributed by atoms with van der Waals surface area (Å²) in [6.45, 7) is 1.67. The molecule has 0 spiro atoms. The van der Waals surface area contributed by atoms with Crippen LogP contribution >= 0.6 is 15.9 Å². The van der Waals surface area contributed by atoms with Crippen LogP contribution in [0.2, 0.25) is 0 Å². The number of anilines is 1. The lowest BCUT2D eigenvalue weighted by molar-refractivity contribution is -0.115. The summed E-state index contributed by atoms with van der Waals surface area (Å²) in [6.07, 6.45) is 0.836. The molecular weight excluding hydrogens is 380 g/mol. The van der Waals surface area contributed by atoms with Crippen molar-refractivity contribution in [3.63, 3.8) is 0 Å². The van der Waals surface area contributed by atoms with Gasteiger partial charge in [0, 0.05) is 10.2 Å². The van der Waals surface area contributed by atoms with Crippen molar-refractivity contribution < 1.29 is 13.2 Å². The van der Waals surface area contributed by atoms with Gasteiger partial charge in [-0.25, -0.2) is 13.1 Å². The fourth-order valence-corrected chi connectivity index (χ4v) is 3.30. The maximum atomic E-state index is 12.1. The minimum Gasteiger partial charge on any atom is -0.325 e. The number of amides is 1. The number of hydrogen-bond acceptors (Lipinski definition) is 3. The van der Waals surface area contributed by atoms with Crippen LogP contribution in [-0.4, -0.2) is 20.9 Å². The fraction of sp³-hybridized carbons (Fsp3) is 0.188. The van der Waals surface area contributed by atoms with Crippen molar-refractivity contribution in [3.05, 3.63) is 58.6 Å². The monoisotopic (exact) mass is 396 g/mol.